The Morgan fingerprint density at radius 3 is 2.78 bits per heavy atom. The van der Waals surface area contributed by atoms with Crippen molar-refractivity contribution in [2.24, 2.45) is 0 Å². The smallest absolute Gasteiger partial charge is 0.335 e. The Kier molecular flexibility index (Phi) is 7.73. The number of aromatic carboxylic acids is 1. The van der Waals surface area contributed by atoms with E-state index in [1.807, 2.05) is 6.92 Å². The van der Waals surface area contributed by atoms with Crippen molar-refractivity contribution in [3.05, 3.63) is 36.4 Å². The molecule has 1 rings (SSSR count). The number of carboxylic acids is 1. The van der Waals surface area contributed by atoms with Gasteiger partial charge in [0.25, 0.3) is 0 Å². The minimum absolute atomic E-state index is 0.0589. The first-order valence-electron chi connectivity index (χ1n) is 7.22. The third kappa shape index (κ3) is 6.01. The summed E-state index contributed by atoms with van der Waals surface area (Å²) in [5, 5.41) is 12.0. The number of carboxylic acid groups (broad SMARTS) is 1. The van der Waals surface area contributed by atoms with Crippen LogP contribution in [0.25, 0.3) is 0 Å². The van der Waals surface area contributed by atoms with E-state index in [9.17, 15) is 13.2 Å². The molecule has 0 aliphatic heterocycles. The van der Waals surface area contributed by atoms with E-state index >= 15 is 0 Å². The van der Waals surface area contributed by atoms with E-state index in [1.54, 1.807) is 0 Å². The molecule has 8 heteroatoms. The molecule has 0 aromatic heterocycles. The van der Waals surface area contributed by atoms with Crippen molar-refractivity contribution in [3.8, 4) is 0 Å². The van der Waals surface area contributed by atoms with Crippen molar-refractivity contribution in [2.45, 2.75) is 18.2 Å². The molecule has 0 heterocycles. The fourth-order valence-electron chi connectivity index (χ4n) is 1.81. The predicted molar refractivity (Wildman–Crippen MR) is 88.4 cm³/mol. The highest BCUT2D eigenvalue weighted by molar-refractivity contribution is 7.89. The number of hydrogen-bond acceptors (Lipinski definition) is 5. The number of carbonyl (C=O) groups is 1. The summed E-state index contributed by atoms with van der Waals surface area (Å²) in [6.07, 6.45) is 2.11. The van der Waals surface area contributed by atoms with E-state index in [0.717, 1.165) is 6.07 Å². The van der Waals surface area contributed by atoms with Gasteiger partial charge in [-0.25, -0.2) is 17.9 Å². The number of sulfonamides is 1. The van der Waals surface area contributed by atoms with E-state index in [2.05, 4.69) is 16.6 Å². The Hall–Kier alpha value is -1.90. The molecule has 0 aliphatic rings. The monoisotopic (exact) mass is 342 g/mol. The van der Waals surface area contributed by atoms with Gasteiger partial charge in [-0.3, -0.25) is 0 Å². The van der Waals surface area contributed by atoms with Gasteiger partial charge in [0.15, 0.2) is 0 Å². The van der Waals surface area contributed by atoms with Crippen LogP contribution < -0.4 is 10.0 Å². The summed E-state index contributed by atoms with van der Waals surface area (Å²) in [4.78, 5) is 11.0. The number of rotatable bonds is 11. The number of ether oxygens (including phenoxy) is 1. The zero-order valence-electron chi connectivity index (χ0n) is 13.0. The highest BCUT2D eigenvalue weighted by Crippen LogP contribution is 2.23. The first kappa shape index (κ1) is 19.1. The standard InChI is InChI=1S/C15H22N2O5S/c1-3-8-17-23(20,21)14-11-12(15(18)19)6-7-13(14)16-9-5-10-22-4-2/h3,6-7,11,16-17H,1,4-5,8-10H2,2H3,(H,18,19). The molecular weight excluding hydrogens is 320 g/mol. The predicted octanol–water partition coefficient (Wildman–Crippen LogP) is 1.69. The fourth-order valence-corrected chi connectivity index (χ4v) is 3.02. The van der Waals surface area contributed by atoms with E-state index in [1.165, 1.54) is 18.2 Å². The number of anilines is 1. The second-order valence-electron chi connectivity index (χ2n) is 4.63. The lowest BCUT2D eigenvalue weighted by atomic mass is 10.2. The van der Waals surface area contributed by atoms with Gasteiger partial charge in [-0.2, -0.15) is 0 Å². The van der Waals surface area contributed by atoms with Crippen LogP contribution >= 0.6 is 0 Å². The summed E-state index contributed by atoms with van der Waals surface area (Å²) in [5.41, 5.74) is 0.256. The third-order valence-electron chi connectivity index (χ3n) is 2.92. The minimum Gasteiger partial charge on any atom is -0.478 e. The number of benzene rings is 1. The summed E-state index contributed by atoms with van der Waals surface area (Å²) in [5.74, 6) is -1.19. The molecule has 1 aromatic rings. The molecule has 0 saturated carbocycles. The second kappa shape index (κ2) is 9.29. The first-order chi connectivity index (χ1) is 10.9. The lowest BCUT2D eigenvalue weighted by Crippen LogP contribution is -2.25. The SMILES string of the molecule is C=CCNS(=O)(=O)c1cc(C(=O)O)ccc1NCCCOCC. The van der Waals surface area contributed by atoms with Gasteiger partial charge in [-0.1, -0.05) is 6.08 Å². The Morgan fingerprint density at radius 2 is 2.17 bits per heavy atom. The molecule has 1 aromatic carbocycles. The Balaban J connectivity index is 2.99. The van der Waals surface area contributed by atoms with Crippen molar-refractivity contribution in [1.29, 1.82) is 0 Å². The fraction of sp³-hybridized carbons (Fsp3) is 0.400. The largest absolute Gasteiger partial charge is 0.478 e. The molecule has 7 nitrogen and oxygen atoms in total. The van der Waals surface area contributed by atoms with Gasteiger partial charge in [0.05, 0.1) is 11.3 Å². The lowest BCUT2D eigenvalue weighted by Gasteiger charge is -2.13. The molecule has 0 spiro atoms. The average molecular weight is 342 g/mol. The molecular formula is C15H22N2O5S. The van der Waals surface area contributed by atoms with Crippen LogP contribution in [0, 0.1) is 0 Å². The number of nitrogens with one attached hydrogen (secondary N) is 2. The van der Waals surface area contributed by atoms with Crippen LogP contribution in [0.15, 0.2) is 35.7 Å². The maximum Gasteiger partial charge on any atom is 0.335 e. The van der Waals surface area contributed by atoms with E-state index in [-0.39, 0.29) is 17.0 Å². The number of hydrogen-bond donors (Lipinski definition) is 3. The summed E-state index contributed by atoms with van der Waals surface area (Å²) in [6, 6.07) is 3.95. The van der Waals surface area contributed by atoms with Crippen molar-refractivity contribution in [1.82, 2.24) is 4.72 Å². The van der Waals surface area contributed by atoms with Crippen LogP contribution in [0.4, 0.5) is 5.69 Å². The highest BCUT2D eigenvalue weighted by Gasteiger charge is 2.20. The molecule has 0 aliphatic carbocycles. The zero-order valence-corrected chi connectivity index (χ0v) is 13.9. The van der Waals surface area contributed by atoms with Gasteiger partial charge in [0, 0.05) is 26.3 Å². The normalized spacial score (nSPS) is 11.2. The third-order valence-corrected chi connectivity index (χ3v) is 4.38. The van der Waals surface area contributed by atoms with Crippen LogP contribution in [0.2, 0.25) is 0 Å². The Labute approximate surface area is 136 Å². The summed E-state index contributed by atoms with van der Waals surface area (Å²) in [7, 11) is -3.83. The molecule has 0 bridgehead atoms. The van der Waals surface area contributed by atoms with Gasteiger partial charge in [0.2, 0.25) is 10.0 Å². The molecule has 23 heavy (non-hydrogen) atoms. The van der Waals surface area contributed by atoms with Crippen LogP contribution in [0.5, 0.6) is 0 Å². The molecule has 0 atom stereocenters. The van der Waals surface area contributed by atoms with Gasteiger partial charge >= 0.3 is 5.97 Å². The highest BCUT2D eigenvalue weighted by atomic mass is 32.2. The maximum atomic E-state index is 12.3. The quantitative estimate of drug-likeness (QED) is 0.417. The molecule has 0 fully saturated rings. The van der Waals surface area contributed by atoms with Crippen molar-refractivity contribution in [2.75, 3.05) is 31.6 Å². The van der Waals surface area contributed by atoms with E-state index < -0.39 is 16.0 Å². The van der Waals surface area contributed by atoms with Crippen LogP contribution in [-0.4, -0.2) is 45.8 Å². The van der Waals surface area contributed by atoms with Crippen molar-refractivity contribution >= 4 is 21.7 Å². The zero-order chi connectivity index (χ0) is 17.3. The summed E-state index contributed by atoms with van der Waals surface area (Å²) >= 11 is 0. The molecule has 3 N–H and O–H groups in total. The summed E-state index contributed by atoms with van der Waals surface area (Å²) < 4.78 is 32.2. The van der Waals surface area contributed by atoms with Crippen LogP contribution in [0.1, 0.15) is 23.7 Å². The van der Waals surface area contributed by atoms with Gasteiger partial charge in [0.1, 0.15) is 4.90 Å². The maximum absolute atomic E-state index is 12.3. The van der Waals surface area contributed by atoms with E-state index in [4.69, 9.17) is 9.84 Å². The lowest BCUT2D eigenvalue weighted by molar-refractivity contribution is 0.0696. The van der Waals surface area contributed by atoms with Gasteiger partial charge in [-0.05, 0) is 31.5 Å². The van der Waals surface area contributed by atoms with Gasteiger partial charge < -0.3 is 15.2 Å². The molecule has 0 unspecified atom stereocenters. The molecule has 128 valence electrons. The minimum atomic E-state index is -3.83. The Bertz CT molecular complexity index is 643. The van der Waals surface area contributed by atoms with Gasteiger partial charge in [-0.15, -0.1) is 6.58 Å². The van der Waals surface area contributed by atoms with E-state index in [0.29, 0.717) is 31.9 Å². The molecule has 0 saturated heterocycles. The summed E-state index contributed by atoms with van der Waals surface area (Å²) in [6.45, 7) is 7.11. The second-order valence-corrected chi connectivity index (χ2v) is 6.37. The van der Waals surface area contributed by atoms with Crippen molar-refractivity contribution < 1.29 is 23.1 Å². The molecule has 0 amide bonds. The first-order valence-corrected chi connectivity index (χ1v) is 8.70. The molecule has 0 radical (unpaired) electrons. The van der Waals surface area contributed by atoms with Crippen LogP contribution in [-0.2, 0) is 14.8 Å². The average Bonchev–Trinajstić information content (AvgIpc) is 2.52. The van der Waals surface area contributed by atoms with Crippen LogP contribution in [0.3, 0.4) is 0 Å². The van der Waals surface area contributed by atoms with Crippen molar-refractivity contribution in [3.63, 3.8) is 0 Å². The topological polar surface area (TPSA) is 105 Å². The Morgan fingerprint density at radius 1 is 1.43 bits per heavy atom.